The van der Waals surface area contributed by atoms with Crippen molar-refractivity contribution in [3.63, 3.8) is 0 Å². The van der Waals surface area contributed by atoms with Crippen LogP contribution in [-0.4, -0.2) is 22.4 Å². The SMILES string of the molecule is O=CNc1c(Cl)cccc1Sc1ccc(C(=O)O)cc1[N+](=O)[O-]. The van der Waals surface area contributed by atoms with Gasteiger partial charge in [0.15, 0.2) is 0 Å². The Labute approximate surface area is 139 Å². The fraction of sp³-hybridized carbons (Fsp3) is 0. The molecule has 9 heteroatoms. The average Bonchev–Trinajstić information content (AvgIpc) is 2.50. The number of carbonyl (C=O) groups excluding carboxylic acids is 1. The lowest BCUT2D eigenvalue weighted by Crippen LogP contribution is -2.00. The van der Waals surface area contributed by atoms with Gasteiger partial charge in [0, 0.05) is 11.0 Å². The molecule has 2 N–H and O–H groups in total. The molecule has 0 saturated heterocycles. The van der Waals surface area contributed by atoms with Crippen LogP contribution in [0.1, 0.15) is 10.4 Å². The molecule has 0 aliphatic rings. The van der Waals surface area contributed by atoms with Gasteiger partial charge in [0.05, 0.1) is 26.1 Å². The third kappa shape index (κ3) is 3.79. The van der Waals surface area contributed by atoms with Gasteiger partial charge in [-0.1, -0.05) is 29.4 Å². The van der Waals surface area contributed by atoms with E-state index >= 15 is 0 Å². The van der Waals surface area contributed by atoms with Crippen molar-refractivity contribution in [2.24, 2.45) is 0 Å². The molecule has 0 atom stereocenters. The lowest BCUT2D eigenvalue weighted by Gasteiger charge is -2.10. The van der Waals surface area contributed by atoms with Crippen molar-refractivity contribution in [3.8, 4) is 0 Å². The van der Waals surface area contributed by atoms with Crippen LogP contribution in [-0.2, 0) is 4.79 Å². The molecule has 0 fully saturated rings. The summed E-state index contributed by atoms with van der Waals surface area (Å²) in [7, 11) is 0. The van der Waals surface area contributed by atoms with Crippen molar-refractivity contribution in [2.45, 2.75) is 9.79 Å². The molecule has 0 heterocycles. The van der Waals surface area contributed by atoms with Crippen molar-refractivity contribution >= 4 is 47.1 Å². The van der Waals surface area contributed by atoms with E-state index < -0.39 is 10.9 Å². The summed E-state index contributed by atoms with van der Waals surface area (Å²) in [6.45, 7) is 0. The summed E-state index contributed by atoms with van der Waals surface area (Å²) in [4.78, 5) is 32.8. The summed E-state index contributed by atoms with van der Waals surface area (Å²) in [5, 5.41) is 22.8. The molecule has 0 saturated carbocycles. The Balaban J connectivity index is 2.48. The highest BCUT2D eigenvalue weighted by atomic mass is 35.5. The molecule has 23 heavy (non-hydrogen) atoms. The predicted molar refractivity (Wildman–Crippen MR) is 85.3 cm³/mol. The number of aromatic carboxylic acids is 1. The van der Waals surface area contributed by atoms with E-state index in [2.05, 4.69) is 5.32 Å². The van der Waals surface area contributed by atoms with E-state index in [1.165, 1.54) is 12.1 Å². The van der Waals surface area contributed by atoms with Crippen LogP contribution >= 0.6 is 23.4 Å². The number of benzene rings is 2. The zero-order valence-corrected chi connectivity index (χ0v) is 12.9. The van der Waals surface area contributed by atoms with Gasteiger partial charge in [0.2, 0.25) is 6.41 Å². The van der Waals surface area contributed by atoms with E-state index in [0.717, 1.165) is 17.8 Å². The first-order valence-corrected chi connectivity index (χ1v) is 7.31. The van der Waals surface area contributed by atoms with Crippen LogP contribution < -0.4 is 5.32 Å². The van der Waals surface area contributed by atoms with Gasteiger partial charge in [0.25, 0.3) is 5.69 Å². The van der Waals surface area contributed by atoms with Gasteiger partial charge in [-0.2, -0.15) is 0 Å². The highest BCUT2D eigenvalue weighted by Gasteiger charge is 2.19. The van der Waals surface area contributed by atoms with Crippen molar-refractivity contribution < 1.29 is 19.6 Å². The van der Waals surface area contributed by atoms with Gasteiger partial charge in [0.1, 0.15) is 0 Å². The highest BCUT2D eigenvalue weighted by molar-refractivity contribution is 7.99. The van der Waals surface area contributed by atoms with Gasteiger partial charge in [-0.25, -0.2) is 4.79 Å². The maximum atomic E-state index is 11.2. The molecule has 0 unspecified atom stereocenters. The first kappa shape index (κ1) is 16.8. The Morgan fingerprint density at radius 3 is 2.65 bits per heavy atom. The van der Waals surface area contributed by atoms with Crippen LogP contribution in [0.15, 0.2) is 46.2 Å². The number of nitro groups is 1. The number of rotatable bonds is 6. The van der Waals surface area contributed by atoms with Crippen LogP contribution in [0.2, 0.25) is 5.02 Å². The Kier molecular flexibility index (Phi) is 5.20. The van der Waals surface area contributed by atoms with Crippen molar-refractivity contribution in [1.29, 1.82) is 0 Å². The molecule has 7 nitrogen and oxygen atoms in total. The first-order valence-electron chi connectivity index (χ1n) is 6.12. The number of hydrogen-bond donors (Lipinski definition) is 2. The molecule has 0 aliphatic carbocycles. The van der Waals surface area contributed by atoms with Crippen LogP contribution in [0, 0.1) is 10.1 Å². The van der Waals surface area contributed by atoms with E-state index in [-0.39, 0.29) is 21.2 Å². The monoisotopic (exact) mass is 352 g/mol. The molecule has 0 spiro atoms. The zero-order valence-electron chi connectivity index (χ0n) is 11.4. The molecular weight excluding hydrogens is 344 g/mol. The highest BCUT2D eigenvalue weighted by Crippen LogP contribution is 2.41. The molecule has 2 aromatic carbocycles. The third-order valence-electron chi connectivity index (χ3n) is 2.80. The summed E-state index contributed by atoms with van der Waals surface area (Å²) >= 11 is 7.00. The fourth-order valence-corrected chi connectivity index (χ4v) is 3.10. The van der Waals surface area contributed by atoms with Crippen LogP contribution in [0.25, 0.3) is 0 Å². The van der Waals surface area contributed by atoms with E-state index in [9.17, 15) is 19.7 Å². The van der Waals surface area contributed by atoms with Crippen molar-refractivity contribution in [1.82, 2.24) is 0 Å². The summed E-state index contributed by atoms with van der Waals surface area (Å²) in [6.07, 6.45) is 0.452. The quantitative estimate of drug-likeness (QED) is 0.466. The molecule has 1 amide bonds. The lowest BCUT2D eigenvalue weighted by atomic mass is 10.2. The lowest BCUT2D eigenvalue weighted by molar-refractivity contribution is -0.387. The summed E-state index contributed by atoms with van der Waals surface area (Å²) in [5.74, 6) is -1.25. The number of carboxylic acid groups (broad SMARTS) is 1. The number of halogens is 1. The minimum Gasteiger partial charge on any atom is -0.478 e. The van der Waals surface area contributed by atoms with Crippen LogP contribution in [0.4, 0.5) is 11.4 Å². The standard InChI is InChI=1S/C14H9ClN2O5S/c15-9-2-1-3-12(13(9)16-7-18)23-11-5-4-8(14(19)20)6-10(11)17(21)22/h1-7H,(H,16,18)(H,19,20). The first-order chi connectivity index (χ1) is 10.9. The van der Waals surface area contributed by atoms with Crippen LogP contribution in [0.3, 0.4) is 0 Å². The van der Waals surface area contributed by atoms with E-state index in [4.69, 9.17) is 16.7 Å². The molecule has 0 aliphatic heterocycles. The minimum absolute atomic E-state index is 0.182. The third-order valence-corrected chi connectivity index (χ3v) is 4.24. The number of nitrogens with one attached hydrogen (secondary N) is 1. The predicted octanol–water partition coefficient (Wildman–Crippen LogP) is 3.67. The van der Waals surface area contributed by atoms with Crippen molar-refractivity contribution in [3.05, 3.63) is 57.1 Å². The maximum Gasteiger partial charge on any atom is 0.335 e. The average molecular weight is 353 g/mol. The maximum absolute atomic E-state index is 11.2. The smallest absolute Gasteiger partial charge is 0.335 e. The number of anilines is 1. The topological polar surface area (TPSA) is 110 Å². The van der Waals surface area contributed by atoms with E-state index in [0.29, 0.717) is 17.0 Å². The molecule has 0 bridgehead atoms. The Hall–Kier alpha value is -2.58. The van der Waals surface area contributed by atoms with Crippen LogP contribution in [0.5, 0.6) is 0 Å². The van der Waals surface area contributed by atoms with Gasteiger partial charge >= 0.3 is 5.97 Å². The number of carbonyl (C=O) groups is 2. The number of amides is 1. The number of para-hydroxylation sites is 1. The van der Waals surface area contributed by atoms with Gasteiger partial charge in [-0.05, 0) is 24.3 Å². The Morgan fingerprint density at radius 1 is 1.30 bits per heavy atom. The van der Waals surface area contributed by atoms with Gasteiger partial charge in [-0.15, -0.1) is 0 Å². The minimum atomic E-state index is -1.25. The van der Waals surface area contributed by atoms with Gasteiger partial charge < -0.3 is 10.4 Å². The number of carboxylic acids is 1. The zero-order chi connectivity index (χ0) is 17.0. The Bertz CT molecular complexity index is 797. The summed E-state index contributed by atoms with van der Waals surface area (Å²) < 4.78 is 0. The second-order valence-electron chi connectivity index (χ2n) is 4.22. The molecular formula is C14H9ClN2O5S. The number of nitrogens with zero attached hydrogens (tertiary/aromatic N) is 1. The normalized spacial score (nSPS) is 10.1. The number of hydrogen-bond acceptors (Lipinski definition) is 5. The van der Waals surface area contributed by atoms with Gasteiger partial charge in [-0.3, -0.25) is 14.9 Å². The molecule has 0 aromatic heterocycles. The van der Waals surface area contributed by atoms with E-state index in [1.807, 2.05) is 0 Å². The largest absolute Gasteiger partial charge is 0.478 e. The summed E-state index contributed by atoms with van der Waals surface area (Å²) in [5.41, 5.74) is -0.198. The second-order valence-corrected chi connectivity index (χ2v) is 5.71. The fourth-order valence-electron chi connectivity index (χ4n) is 1.79. The van der Waals surface area contributed by atoms with Crippen molar-refractivity contribution in [2.75, 3.05) is 5.32 Å². The molecule has 2 rings (SSSR count). The molecule has 2 aromatic rings. The molecule has 118 valence electrons. The van der Waals surface area contributed by atoms with E-state index in [1.54, 1.807) is 18.2 Å². The number of nitro benzene ring substituents is 1. The Morgan fingerprint density at radius 2 is 2.04 bits per heavy atom. The molecule has 0 radical (unpaired) electrons. The summed E-state index contributed by atoms with van der Waals surface area (Å²) in [6, 6.07) is 8.45. The second kappa shape index (κ2) is 7.12.